The number of aliphatic carboxylic acids is 1. The van der Waals surface area contributed by atoms with Crippen LogP contribution >= 0.6 is 0 Å². The van der Waals surface area contributed by atoms with Gasteiger partial charge in [-0.15, -0.1) is 0 Å². The summed E-state index contributed by atoms with van der Waals surface area (Å²) in [6, 6.07) is 0. The van der Waals surface area contributed by atoms with Gasteiger partial charge < -0.3 is 9.84 Å². The van der Waals surface area contributed by atoms with Crippen LogP contribution in [0.3, 0.4) is 0 Å². The lowest BCUT2D eigenvalue weighted by atomic mass is 9.57. The number of hydrogen-bond donors (Lipinski definition) is 1. The maximum atomic E-state index is 12.6. The van der Waals surface area contributed by atoms with E-state index in [1.165, 1.54) is 44.9 Å². The Morgan fingerprint density at radius 2 is 1.69 bits per heavy atom. The summed E-state index contributed by atoms with van der Waals surface area (Å²) >= 11 is 0. The Morgan fingerprint density at radius 1 is 1.00 bits per heavy atom. The van der Waals surface area contributed by atoms with Gasteiger partial charge in [0, 0.05) is 0 Å². The highest BCUT2D eigenvalue weighted by Crippen LogP contribution is 2.54. The molecule has 182 valence electrons. The minimum atomic E-state index is -0.773. The molecule has 4 unspecified atom stereocenters. The Labute approximate surface area is 195 Å². The molecular weight excluding hydrogens is 400 g/mol. The van der Waals surface area contributed by atoms with Crippen molar-refractivity contribution in [3.8, 4) is 0 Å². The second kappa shape index (κ2) is 10.3. The van der Waals surface area contributed by atoms with Gasteiger partial charge in [0.05, 0.1) is 18.4 Å². The summed E-state index contributed by atoms with van der Waals surface area (Å²) < 4.78 is 5.68. The molecule has 0 radical (unpaired) electrons. The summed E-state index contributed by atoms with van der Waals surface area (Å²) in [5.74, 6) is -0.293. The molecule has 4 nitrogen and oxygen atoms in total. The Bertz CT molecular complexity index is 711. The van der Waals surface area contributed by atoms with Crippen molar-refractivity contribution in [2.45, 2.75) is 112 Å². The van der Waals surface area contributed by atoms with Gasteiger partial charge in [-0.05, 0) is 86.9 Å². The third kappa shape index (κ3) is 5.97. The topological polar surface area (TPSA) is 63.6 Å². The predicted molar refractivity (Wildman–Crippen MR) is 128 cm³/mol. The summed E-state index contributed by atoms with van der Waals surface area (Å²) in [6.45, 7) is 12.5. The first-order chi connectivity index (χ1) is 15.0. The second-order valence-corrected chi connectivity index (χ2v) is 12.2. The molecule has 0 aromatic rings. The van der Waals surface area contributed by atoms with E-state index in [2.05, 4.69) is 34.6 Å². The highest BCUT2D eigenvalue weighted by Gasteiger charge is 2.43. The van der Waals surface area contributed by atoms with Crippen LogP contribution in [0.15, 0.2) is 11.1 Å². The fourth-order valence-corrected chi connectivity index (χ4v) is 6.63. The largest absolute Gasteiger partial charge is 0.481 e. The number of carbonyl (C=O) groups excluding carboxylic acids is 1. The molecule has 3 fully saturated rings. The lowest BCUT2D eigenvalue weighted by Gasteiger charge is -2.49. The van der Waals surface area contributed by atoms with Crippen molar-refractivity contribution >= 4 is 11.9 Å². The summed E-state index contributed by atoms with van der Waals surface area (Å²) in [6.07, 6.45) is 12.5. The number of esters is 1. The molecule has 3 aliphatic rings. The minimum absolute atomic E-state index is 0.172. The van der Waals surface area contributed by atoms with Crippen molar-refractivity contribution in [2.75, 3.05) is 6.61 Å². The van der Waals surface area contributed by atoms with E-state index >= 15 is 0 Å². The molecule has 1 N–H and O–H groups in total. The zero-order valence-electron chi connectivity index (χ0n) is 21.2. The molecule has 4 heteroatoms. The summed E-state index contributed by atoms with van der Waals surface area (Å²) in [7, 11) is 0. The molecule has 0 amide bonds. The van der Waals surface area contributed by atoms with Crippen molar-refractivity contribution in [1.82, 2.24) is 0 Å². The number of carboxylic acid groups (broad SMARTS) is 1. The van der Waals surface area contributed by atoms with E-state index in [0.29, 0.717) is 36.7 Å². The van der Waals surface area contributed by atoms with Crippen molar-refractivity contribution in [1.29, 1.82) is 0 Å². The van der Waals surface area contributed by atoms with Crippen LogP contribution in [0.1, 0.15) is 112 Å². The van der Waals surface area contributed by atoms with Gasteiger partial charge in [-0.1, -0.05) is 58.6 Å². The van der Waals surface area contributed by atoms with Gasteiger partial charge in [0.1, 0.15) is 0 Å². The van der Waals surface area contributed by atoms with E-state index in [4.69, 9.17) is 4.74 Å². The molecule has 0 aromatic heterocycles. The third-order valence-electron chi connectivity index (χ3n) is 8.82. The van der Waals surface area contributed by atoms with Crippen molar-refractivity contribution in [3.63, 3.8) is 0 Å². The van der Waals surface area contributed by atoms with E-state index in [1.807, 2.05) is 0 Å². The fourth-order valence-electron chi connectivity index (χ4n) is 6.63. The lowest BCUT2D eigenvalue weighted by molar-refractivity contribution is -0.153. The Hall–Kier alpha value is -1.32. The van der Waals surface area contributed by atoms with E-state index in [0.717, 1.165) is 19.3 Å². The number of hydrogen-bond acceptors (Lipinski definition) is 3. The predicted octanol–water partition coefficient (Wildman–Crippen LogP) is 7.17. The second-order valence-electron chi connectivity index (χ2n) is 12.2. The maximum Gasteiger partial charge on any atom is 0.308 e. The van der Waals surface area contributed by atoms with Gasteiger partial charge in [-0.2, -0.15) is 0 Å². The first-order valence-corrected chi connectivity index (χ1v) is 13.2. The van der Waals surface area contributed by atoms with Crippen molar-refractivity contribution < 1.29 is 19.4 Å². The Balaban J connectivity index is 1.56. The molecule has 3 aliphatic carbocycles. The van der Waals surface area contributed by atoms with Crippen LogP contribution in [0.2, 0.25) is 0 Å². The molecule has 0 bridgehead atoms. The molecule has 4 atom stereocenters. The normalized spacial score (nSPS) is 28.5. The molecule has 0 heterocycles. The first-order valence-electron chi connectivity index (χ1n) is 13.2. The van der Waals surface area contributed by atoms with Crippen LogP contribution in [0, 0.1) is 34.5 Å². The number of rotatable bonds is 10. The van der Waals surface area contributed by atoms with E-state index in [1.54, 1.807) is 11.1 Å². The average molecular weight is 447 g/mol. The van der Waals surface area contributed by atoms with E-state index in [9.17, 15) is 14.7 Å². The van der Waals surface area contributed by atoms with Crippen LogP contribution in [0.5, 0.6) is 0 Å². The van der Waals surface area contributed by atoms with Gasteiger partial charge >= 0.3 is 11.9 Å². The molecule has 0 spiro atoms. The van der Waals surface area contributed by atoms with Crippen molar-refractivity contribution in [3.05, 3.63) is 11.1 Å². The molecule has 0 saturated heterocycles. The molecule has 3 rings (SSSR count). The van der Waals surface area contributed by atoms with Gasteiger partial charge in [0.15, 0.2) is 0 Å². The van der Waals surface area contributed by atoms with Crippen LogP contribution in [-0.4, -0.2) is 23.7 Å². The molecular formula is C28H46O4. The summed E-state index contributed by atoms with van der Waals surface area (Å²) in [4.78, 5) is 23.8. The highest BCUT2D eigenvalue weighted by molar-refractivity contribution is 5.75. The van der Waals surface area contributed by atoms with Gasteiger partial charge in [0.2, 0.25) is 0 Å². The third-order valence-corrected chi connectivity index (χ3v) is 8.82. The van der Waals surface area contributed by atoms with Crippen LogP contribution in [0.4, 0.5) is 0 Å². The Morgan fingerprint density at radius 3 is 2.22 bits per heavy atom. The van der Waals surface area contributed by atoms with Gasteiger partial charge in [0.25, 0.3) is 0 Å². The van der Waals surface area contributed by atoms with Crippen LogP contribution in [-0.2, 0) is 14.3 Å². The van der Waals surface area contributed by atoms with E-state index < -0.39 is 5.97 Å². The maximum absolute atomic E-state index is 12.6. The highest BCUT2D eigenvalue weighted by atomic mass is 16.5. The summed E-state index contributed by atoms with van der Waals surface area (Å²) in [5.41, 5.74) is 4.03. The lowest BCUT2D eigenvalue weighted by Crippen LogP contribution is -2.38. The number of carbonyl (C=O) groups is 2. The zero-order chi connectivity index (χ0) is 23.5. The summed E-state index contributed by atoms with van der Waals surface area (Å²) in [5, 5.41) is 9.27. The fraction of sp³-hybridized carbons (Fsp3) is 0.857. The smallest absolute Gasteiger partial charge is 0.308 e. The number of ether oxygens (including phenoxy) is 1. The standard InChI is InChI=1S/C28H46O4/c1-6-27(2,3)18-28(4,5)24(20-9-7-10-20)23-14-13-19(23)15-16-32-26(31)22-12-8-11-21(17-22)25(29)30/h19,21-23H,6-18H2,1-5H3,(H,29,30). The van der Waals surface area contributed by atoms with E-state index in [-0.39, 0.29) is 23.2 Å². The molecule has 0 aliphatic heterocycles. The number of allylic oxidation sites excluding steroid dienone is 2. The SMILES string of the molecule is CCC(C)(C)CC(C)(C)C(=C1CCC1)C1CCC1CCOC(=O)C1CCCC(C(=O)O)C1. The van der Waals surface area contributed by atoms with Gasteiger partial charge in [-0.25, -0.2) is 0 Å². The van der Waals surface area contributed by atoms with Crippen LogP contribution < -0.4 is 0 Å². The molecule has 3 saturated carbocycles. The average Bonchev–Trinajstić information content (AvgIpc) is 2.67. The quantitative estimate of drug-likeness (QED) is 0.285. The van der Waals surface area contributed by atoms with Crippen LogP contribution in [0.25, 0.3) is 0 Å². The zero-order valence-corrected chi connectivity index (χ0v) is 21.2. The van der Waals surface area contributed by atoms with Crippen molar-refractivity contribution in [2.24, 2.45) is 34.5 Å². The Kier molecular flexibility index (Phi) is 8.15. The minimum Gasteiger partial charge on any atom is -0.481 e. The number of carboxylic acids is 1. The van der Waals surface area contributed by atoms with Gasteiger partial charge in [-0.3, -0.25) is 9.59 Å². The molecule has 32 heavy (non-hydrogen) atoms. The monoisotopic (exact) mass is 446 g/mol. The first kappa shape index (κ1) is 25.3. The molecule has 0 aromatic carbocycles.